The number of aliphatic hydroxyl groups is 1. The number of nitrogens with one attached hydrogen (secondary N) is 2. The third-order valence-corrected chi connectivity index (χ3v) is 4.60. The first-order chi connectivity index (χ1) is 12.5. The molecule has 0 aromatic heterocycles. The van der Waals surface area contributed by atoms with Crippen LogP contribution in [0.25, 0.3) is 0 Å². The molecule has 5 nitrogen and oxygen atoms in total. The van der Waals surface area contributed by atoms with Crippen molar-refractivity contribution in [1.29, 1.82) is 0 Å². The summed E-state index contributed by atoms with van der Waals surface area (Å²) in [7, 11) is 0. The second-order valence-electron chi connectivity index (χ2n) is 6.63. The average Bonchev–Trinajstić information content (AvgIpc) is 3.45. The summed E-state index contributed by atoms with van der Waals surface area (Å²) in [6, 6.07) is 7.13. The molecule has 2 aliphatic rings. The van der Waals surface area contributed by atoms with E-state index in [-0.39, 0.29) is 25.2 Å². The molecule has 136 valence electrons. The first kappa shape index (κ1) is 16.8. The van der Waals surface area contributed by atoms with Gasteiger partial charge in [0.25, 0.3) is 5.91 Å². The standard InChI is InChI=1S/C19H18F2N2O3/c20-14-5-11(10-1-2-10)6-15(21)18(14)19(25)23-12-3-4-16-17(7-12)26-9-13(8-24)22-16/h3-7,10,13,22,24H,1-2,8-9H2,(H,23,25). The van der Waals surface area contributed by atoms with Crippen molar-refractivity contribution < 1.29 is 23.4 Å². The number of aliphatic hydroxyl groups excluding tert-OH is 1. The highest BCUT2D eigenvalue weighted by Gasteiger charge is 2.27. The van der Waals surface area contributed by atoms with Crippen LogP contribution in [0.5, 0.6) is 5.75 Å². The van der Waals surface area contributed by atoms with E-state index in [2.05, 4.69) is 10.6 Å². The number of amides is 1. The Bertz CT molecular complexity index is 845. The lowest BCUT2D eigenvalue weighted by Crippen LogP contribution is -2.34. The fraction of sp³-hybridized carbons (Fsp3) is 0.316. The molecular formula is C19H18F2N2O3. The van der Waals surface area contributed by atoms with Crippen molar-refractivity contribution in [1.82, 2.24) is 0 Å². The van der Waals surface area contributed by atoms with Gasteiger partial charge in [0.15, 0.2) is 0 Å². The number of hydrogen-bond acceptors (Lipinski definition) is 4. The normalized spacial score (nSPS) is 18.5. The van der Waals surface area contributed by atoms with Gasteiger partial charge in [0.2, 0.25) is 0 Å². The van der Waals surface area contributed by atoms with Gasteiger partial charge in [-0.15, -0.1) is 0 Å². The molecule has 1 heterocycles. The third-order valence-electron chi connectivity index (χ3n) is 4.60. The van der Waals surface area contributed by atoms with Gasteiger partial charge in [0, 0.05) is 11.8 Å². The van der Waals surface area contributed by atoms with E-state index in [0.717, 1.165) is 12.8 Å². The van der Waals surface area contributed by atoms with Gasteiger partial charge in [-0.05, 0) is 48.6 Å². The molecule has 3 N–H and O–H groups in total. The molecule has 1 aliphatic carbocycles. The number of carbonyl (C=O) groups is 1. The van der Waals surface area contributed by atoms with Crippen molar-refractivity contribution >= 4 is 17.3 Å². The van der Waals surface area contributed by atoms with Gasteiger partial charge >= 0.3 is 0 Å². The predicted octanol–water partition coefficient (Wildman–Crippen LogP) is 3.26. The number of anilines is 2. The van der Waals surface area contributed by atoms with Gasteiger partial charge < -0.3 is 20.5 Å². The molecule has 1 unspecified atom stereocenters. The lowest BCUT2D eigenvalue weighted by molar-refractivity contribution is 0.101. The number of ether oxygens (including phenoxy) is 1. The summed E-state index contributed by atoms with van der Waals surface area (Å²) in [4.78, 5) is 12.3. The number of carbonyl (C=O) groups excluding carboxylic acids is 1. The molecule has 2 aromatic rings. The first-order valence-electron chi connectivity index (χ1n) is 8.49. The van der Waals surface area contributed by atoms with Crippen molar-refractivity contribution in [3.05, 3.63) is 53.1 Å². The second-order valence-corrected chi connectivity index (χ2v) is 6.63. The zero-order valence-electron chi connectivity index (χ0n) is 13.9. The Morgan fingerprint density at radius 3 is 2.62 bits per heavy atom. The van der Waals surface area contributed by atoms with Crippen molar-refractivity contribution in [3.63, 3.8) is 0 Å². The van der Waals surface area contributed by atoms with E-state index in [0.29, 0.717) is 22.7 Å². The SMILES string of the molecule is O=C(Nc1ccc2c(c1)OCC(CO)N2)c1c(F)cc(C2CC2)cc1F. The van der Waals surface area contributed by atoms with E-state index in [4.69, 9.17) is 9.84 Å². The van der Waals surface area contributed by atoms with Gasteiger partial charge in [0.1, 0.15) is 29.6 Å². The van der Waals surface area contributed by atoms with E-state index in [1.54, 1.807) is 18.2 Å². The predicted molar refractivity (Wildman–Crippen MR) is 92.7 cm³/mol. The zero-order chi connectivity index (χ0) is 18.3. The minimum absolute atomic E-state index is 0.0622. The third kappa shape index (κ3) is 3.22. The Labute approximate surface area is 149 Å². The summed E-state index contributed by atoms with van der Waals surface area (Å²) in [5.41, 5.74) is 1.05. The molecule has 2 aromatic carbocycles. The number of fused-ring (bicyclic) bond motifs is 1. The molecule has 0 radical (unpaired) electrons. The summed E-state index contributed by atoms with van der Waals surface area (Å²) >= 11 is 0. The number of hydrogen-bond donors (Lipinski definition) is 3. The van der Waals surface area contributed by atoms with Crippen LogP contribution in [-0.2, 0) is 0 Å². The topological polar surface area (TPSA) is 70.6 Å². The molecule has 0 saturated heterocycles. The summed E-state index contributed by atoms with van der Waals surface area (Å²) in [5.74, 6) is -1.86. The van der Waals surface area contributed by atoms with Crippen LogP contribution in [0.1, 0.15) is 34.7 Å². The monoisotopic (exact) mass is 360 g/mol. The maximum Gasteiger partial charge on any atom is 0.261 e. The maximum atomic E-state index is 14.2. The lowest BCUT2D eigenvalue weighted by Gasteiger charge is -2.26. The Kier molecular flexibility index (Phi) is 4.24. The van der Waals surface area contributed by atoms with Crippen LogP contribution < -0.4 is 15.4 Å². The Hall–Kier alpha value is -2.67. The molecule has 26 heavy (non-hydrogen) atoms. The van der Waals surface area contributed by atoms with Crippen LogP contribution in [0.15, 0.2) is 30.3 Å². The molecule has 1 saturated carbocycles. The second kappa shape index (κ2) is 6.57. The minimum atomic E-state index is -0.855. The van der Waals surface area contributed by atoms with Crippen molar-refractivity contribution in [2.24, 2.45) is 0 Å². The fourth-order valence-corrected chi connectivity index (χ4v) is 3.04. The van der Waals surface area contributed by atoms with Crippen LogP contribution >= 0.6 is 0 Å². The van der Waals surface area contributed by atoms with Crippen LogP contribution in [0, 0.1) is 11.6 Å². The molecule has 1 amide bonds. The summed E-state index contributed by atoms with van der Waals surface area (Å²) < 4.78 is 34.0. The molecule has 1 fully saturated rings. The summed E-state index contributed by atoms with van der Waals surface area (Å²) in [6.45, 7) is 0.222. The average molecular weight is 360 g/mol. The maximum absolute atomic E-state index is 14.2. The number of halogens is 2. The summed E-state index contributed by atoms with van der Waals surface area (Å²) in [5, 5.41) is 14.8. The first-order valence-corrected chi connectivity index (χ1v) is 8.49. The molecule has 0 spiro atoms. The van der Waals surface area contributed by atoms with Crippen LogP contribution in [0.4, 0.5) is 20.2 Å². The highest BCUT2D eigenvalue weighted by molar-refractivity contribution is 6.05. The van der Waals surface area contributed by atoms with Crippen LogP contribution in [0.2, 0.25) is 0 Å². The molecule has 0 bridgehead atoms. The number of benzene rings is 2. The van der Waals surface area contributed by atoms with Gasteiger partial charge in [0.05, 0.1) is 18.3 Å². The van der Waals surface area contributed by atoms with Crippen LogP contribution in [0.3, 0.4) is 0 Å². The van der Waals surface area contributed by atoms with Gasteiger partial charge in [-0.3, -0.25) is 4.79 Å². The zero-order valence-corrected chi connectivity index (χ0v) is 13.9. The highest BCUT2D eigenvalue weighted by Crippen LogP contribution is 2.41. The van der Waals surface area contributed by atoms with E-state index in [1.165, 1.54) is 12.1 Å². The van der Waals surface area contributed by atoms with Gasteiger partial charge in [-0.25, -0.2) is 8.78 Å². The van der Waals surface area contributed by atoms with E-state index < -0.39 is 23.1 Å². The minimum Gasteiger partial charge on any atom is -0.489 e. The smallest absolute Gasteiger partial charge is 0.261 e. The fourth-order valence-electron chi connectivity index (χ4n) is 3.04. The largest absolute Gasteiger partial charge is 0.489 e. The quantitative estimate of drug-likeness (QED) is 0.783. The van der Waals surface area contributed by atoms with Crippen molar-refractivity contribution in [2.45, 2.75) is 24.8 Å². The molecule has 1 atom stereocenters. The van der Waals surface area contributed by atoms with E-state index in [9.17, 15) is 13.6 Å². The molecule has 4 rings (SSSR count). The van der Waals surface area contributed by atoms with Gasteiger partial charge in [-0.1, -0.05) is 0 Å². The van der Waals surface area contributed by atoms with E-state index in [1.807, 2.05) is 0 Å². The van der Waals surface area contributed by atoms with E-state index >= 15 is 0 Å². The number of rotatable bonds is 4. The molecule has 1 aliphatic heterocycles. The Balaban J connectivity index is 1.54. The molecular weight excluding hydrogens is 342 g/mol. The van der Waals surface area contributed by atoms with Crippen LogP contribution in [-0.4, -0.2) is 30.3 Å². The van der Waals surface area contributed by atoms with Gasteiger partial charge in [-0.2, -0.15) is 0 Å². The molecule has 7 heteroatoms. The summed E-state index contributed by atoms with van der Waals surface area (Å²) in [6.07, 6.45) is 1.84. The Morgan fingerprint density at radius 2 is 1.96 bits per heavy atom. The van der Waals surface area contributed by atoms with Crippen molar-refractivity contribution in [2.75, 3.05) is 23.8 Å². The Morgan fingerprint density at radius 1 is 1.23 bits per heavy atom. The lowest BCUT2D eigenvalue weighted by atomic mass is 10.1. The van der Waals surface area contributed by atoms with Crippen molar-refractivity contribution in [3.8, 4) is 5.75 Å². The highest BCUT2D eigenvalue weighted by atomic mass is 19.1.